The lowest BCUT2D eigenvalue weighted by Gasteiger charge is -2.35. The van der Waals surface area contributed by atoms with Crippen LogP contribution < -0.4 is 10.6 Å². The molecule has 0 bridgehead atoms. The number of nitrogens with one attached hydrogen (secondary N) is 2. The highest BCUT2D eigenvalue weighted by Gasteiger charge is 2.25. The van der Waals surface area contributed by atoms with E-state index >= 15 is 0 Å². The van der Waals surface area contributed by atoms with Crippen LogP contribution >= 0.6 is 22.9 Å². The molecule has 0 radical (unpaired) electrons. The van der Waals surface area contributed by atoms with Crippen LogP contribution in [0.15, 0.2) is 66.0 Å². The van der Waals surface area contributed by atoms with Crippen LogP contribution in [0.2, 0.25) is 5.02 Å². The number of thiophene rings is 1. The molecule has 0 saturated heterocycles. The van der Waals surface area contributed by atoms with E-state index in [1.165, 1.54) is 16.0 Å². The molecule has 0 saturated carbocycles. The fourth-order valence-electron chi connectivity index (χ4n) is 3.57. The summed E-state index contributed by atoms with van der Waals surface area (Å²) in [4.78, 5) is 16.1. The second-order valence-electron chi connectivity index (χ2n) is 6.86. The number of anilines is 1. The summed E-state index contributed by atoms with van der Waals surface area (Å²) in [6.45, 7) is 2.45. The van der Waals surface area contributed by atoms with E-state index < -0.39 is 0 Å². The number of halogens is 1. The van der Waals surface area contributed by atoms with E-state index in [1.54, 1.807) is 35.6 Å². The first-order valence-electron chi connectivity index (χ1n) is 9.34. The molecule has 4 nitrogen and oxygen atoms in total. The SMILES string of the molecule is O=C(NC[C@H](c1cccs1)N1CCc2ccccc2C1)Nc1ccc(Cl)cc1. The highest BCUT2D eigenvalue weighted by molar-refractivity contribution is 7.10. The first kappa shape index (κ1) is 19.0. The quantitative estimate of drug-likeness (QED) is 0.596. The third kappa shape index (κ3) is 4.55. The third-order valence-corrected chi connectivity index (χ3v) is 6.26. The van der Waals surface area contributed by atoms with Crippen LogP contribution in [0.25, 0.3) is 0 Å². The Kier molecular flexibility index (Phi) is 5.95. The topological polar surface area (TPSA) is 44.4 Å². The number of fused-ring (bicyclic) bond motifs is 1. The summed E-state index contributed by atoms with van der Waals surface area (Å²) in [5, 5.41) is 8.64. The van der Waals surface area contributed by atoms with Crippen LogP contribution in [0.5, 0.6) is 0 Å². The van der Waals surface area contributed by atoms with E-state index in [1.807, 2.05) is 0 Å². The van der Waals surface area contributed by atoms with Crippen molar-refractivity contribution in [2.75, 3.05) is 18.4 Å². The van der Waals surface area contributed by atoms with Gasteiger partial charge in [0.15, 0.2) is 0 Å². The predicted molar refractivity (Wildman–Crippen MR) is 116 cm³/mol. The molecule has 0 unspecified atom stereocenters. The van der Waals surface area contributed by atoms with Crippen molar-refractivity contribution in [2.45, 2.75) is 19.0 Å². The molecule has 2 heterocycles. The van der Waals surface area contributed by atoms with Crippen molar-refractivity contribution in [3.05, 3.63) is 87.1 Å². The molecular formula is C22H22ClN3OS. The van der Waals surface area contributed by atoms with Crippen molar-refractivity contribution in [1.29, 1.82) is 0 Å². The fraction of sp³-hybridized carbons (Fsp3) is 0.227. The highest BCUT2D eigenvalue weighted by atomic mass is 35.5. The normalized spacial score (nSPS) is 14.9. The van der Waals surface area contributed by atoms with Crippen LogP contribution in [0, 0.1) is 0 Å². The van der Waals surface area contributed by atoms with Gasteiger partial charge in [0, 0.05) is 35.2 Å². The summed E-state index contributed by atoms with van der Waals surface area (Å²) in [5.41, 5.74) is 3.53. The molecule has 3 aromatic rings. The molecule has 1 atom stereocenters. The molecule has 0 aliphatic carbocycles. The smallest absolute Gasteiger partial charge is 0.319 e. The summed E-state index contributed by atoms with van der Waals surface area (Å²) < 4.78 is 0. The fourth-order valence-corrected chi connectivity index (χ4v) is 4.56. The Bertz CT molecular complexity index is 927. The molecule has 28 heavy (non-hydrogen) atoms. The van der Waals surface area contributed by atoms with Gasteiger partial charge >= 0.3 is 6.03 Å². The van der Waals surface area contributed by atoms with Gasteiger partial charge in [-0.3, -0.25) is 4.90 Å². The van der Waals surface area contributed by atoms with Crippen molar-refractivity contribution in [3.63, 3.8) is 0 Å². The Morgan fingerprint density at radius 1 is 1.07 bits per heavy atom. The van der Waals surface area contributed by atoms with Crippen molar-refractivity contribution >= 4 is 34.7 Å². The van der Waals surface area contributed by atoms with E-state index in [-0.39, 0.29) is 12.1 Å². The van der Waals surface area contributed by atoms with Crippen LogP contribution in [-0.4, -0.2) is 24.0 Å². The van der Waals surface area contributed by atoms with Gasteiger partial charge in [0.1, 0.15) is 0 Å². The number of amides is 2. The minimum atomic E-state index is -0.207. The Hall–Kier alpha value is -2.34. The molecule has 1 aliphatic rings. The highest BCUT2D eigenvalue weighted by Crippen LogP contribution is 2.30. The van der Waals surface area contributed by atoms with Crippen molar-refractivity contribution in [2.24, 2.45) is 0 Å². The molecule has 1 aliphatic heterocycles. The van der Waals surface area contributed by atoms with Crippen molar-refractivity contribution in [1.82, 2.24) is 10.2 Å². The maximum atomic E-state index is 12.4. The third-order valence-electron chi connectivity index (χ3n) is 5.03. The second-order valence-corrected chi connectivity index (χ2v) is 8.28. The Balaban J connectivity index is 1.43. The molecule has 0 spiro atoms. The van der Waals surface area contributed by atoms with E-state index in [0.717, 1.165) is 25.2 Å². The summed E-state index contributed by atoms with van der Waals surface area (Å²) in [5.74, 6) is 0. The summed E-state index contributed by atoms with van der Waals surface area (Å²) >= 11 is 7.63. The first-order valence-corrected chi connectivity index (χ1v) is 10.6. The van der Waals surface area contributed by atoms with E-state index in [4.69, 9.17) is 11.6 Å². The standard InChI is InChI=1S/C22H22ClN3OS/c23-18-7-9-19(10-8-18)25-22(27)24-14-20(21-6-3-13-28-21)26-12-11-16-4-1-2-5-17(16)15-26/h1-10,13,20H,11-12,14-15H2,(H2,24,25,27)/t20-/m1/s1. The van der Waals surface area contributed by atoms with Gasteiger partial charge in [-0.15, -0.1) is 11.3 Å². The number of carbonyl (C=O) groups excluding carboxylic acids is 1. The minimum absolute atomic E-state index is 0.157. The molecule has 6 heteroatoms. The lowest BCUT2D eigenvalue weighted by molar-refractivity contribution is 0.178. The zero-order valence-corrected chi connectivity index (χ0v) is 17.0. The van der Waals surface area contributed by atoms with Gasteiger partial charge < -0.3 is 10.6 Å². The Labute approximate surface area is 174 Å². The zero-order valence-electron chi connectivity index (χ0n) is 15.4. The minimum Gasteiger partial charge on any atom is -0.336 e. The summed E-state index contributed by atoms with van der Waals surface area (Å²) in [6, 6.07) is 19.9. The molecular weight excluding hydrogens is 390 g/mol. The van der Waals surface area contributed by atoms with Crippen LogP contribution in [-0.2, 0) is 13.0 Å². The zero-order chi connectivity index (χ0) is 19.3. The summed E-state index contributed by atoms with van der Waals surface area (Å²) in [7, 11) is 0. The van der Waals surface area contributed by atoms with Gasteiger partial charge in [-0.1, -0.05) is 41.9 Å². The molecule has 144 valence electrons. The first-order chi connectivity index (χ1) is 13.7. The molecule has 0 fully saturated rings. The molecule has 2 N–H and O–H groups in total. The van der Waals surface area contributed by atoms with Crippen LogP contribution in [0.4, 0.5) is 10.5 Å². The lowest BCUT2D eigenvalue weighted by atomic mass is 9.98. The maximum Gasteiger partial charge on any atom is 0.319 e. The van der Waals surface area contributed by atoms with Gasteiger partial charge in [0.05, 0.1) is 6.04 Å². The molecule has 1 aromatic heterocycles. The lowest BCUT2D eigenvalue weighted by Crippen LogP contribution is -2.41. The monoisotopic (exact) mass is 411 g/mol. The van der Waals surface area contributed by atoms with Gasteiger partial charge in [-0.2, -0.15) is 0 Å². The number of hydrogen-bond donors (Lipinski definition) is 2. The maximum absolute atomic E-state index is 12.4. The van der Waals surface area contributed by atoms with E-state index in [9.17, 15) is 4.79 Å². The molecule has 2 amide bonds. The van der Waals surface area contributed by atoms with E-state index in [2.05, 4.69) is 57.3 Å². The van der Waals surface area contributed by atoms with Crippen LogP contribution in [0.1, 0.15) is 22.0 Å². The number of benzene rings is 2. The average molecular weight is 412 g/mol. The van der Waals surface area contributed by atoms with Crippen LogP contribution in [0.3, 0.4) is 0 Å². The summed E-state index contributed by atoms with van der Waals surface area (Å²) in [6.07, 6.45) is 1.04. The predicted octanol–water partition coefficient (Wildman–Crippen LogP) is 5.32. The number of rotatable bonds is 5. The molecule has 2 aromatic carbocycles. The largest absolute Gasteiger partial charge is 0.336 e. The van der Waals surface area contributed by atoms with Gasteiger partial charge in [0.25, 0.3) is 0 Å². The molecule has 4 rings (SSSR count). The number of nitrogens with zero attached hydrogens (tertiary/aromatic N) is 1. The Morgan fingerprint density at radius 3 is 2.61 bits per heavy atom. The number of hydrogen-bond acceptors (Lipinski definition) is 3. The Morgan fingerprint density at radius 2 is 1.86 bits per heavy atom. The number of carbonyl (C=O) groups is 1. The van der Waals surface area contributed by atoms with E-state index in [0.29, 0.717) is 11.6 Å². The van der Waals surface area contributed by atoms with Crippen molar-refractivity contribution in [3.8, 4) is 0 Å². The van der Waals surface area contributed by atoms with Gasteiger partial charge in [0.2, 0.25) is 0 Å². The van der Waals surface area contributed by atoms with Gasteiger partial charge in [-0.05, 0) is 53.3 Å². The second kappa shape index (κ2) is 8.78. The van der Waals surface area contributed by atoms with Crippen molar-refractivity contribution < 1.29 is 4.79 Å². The van der Waals surface area contributed by atoms with Gasteiger partial charge in [-0.25, -0.2) is 4.79 Å². The average Bonchev–Trinajstić information content (AvgIpc) is 3.24. The number of urea groups is 1.